The second-order valence-electron chi connectivity index (χ2n) is 7.91. The summed E-state index contributed by atoms with van der Waals surface area (Å²) in [4.78, 5) is 9.21. The van der Waals surface area contributed by atoms with Gasteiger partial charge in [0.1, 0.15) is 47.4 Å². The number of nitrogens with zero attached hydrogens (tertiary/aromatic N) is 3. The Morgan fingerprint density at radius 3 is 2.94 bits per heavy atom. The summed E-state index contributed by atoms with van der Waals surface area (Å²) in [6.07, 6.45) is 2.27. The van der Waals surface area contributed by atoms with Crippen LogP contribution in [-0.4, -0.2) is 60.1 Å². The number of pyridine rings is 2. The highest BCUT2D eigenvalue weighted by Crippen LogP contribution is 2.31. The number of alkyl halides is 1. The van der Waals surface area contributed by atoms with E-state index in [-0.39, 0.29) is 12.3 Å². The van der Waals surface area contributed by atoms with E-state index in [0.717, 1.165) is 5.69 Å². The van der Waals surface area contributed by atoms with Crippen LogP contribution in [0.15, 0.2) is 48.8 Å². The van der Waals surface area contributed by atoms with Crippen molar-refractivity contribution in [1.82, 2.24) is 19.7 Å². The monoisotopic (exact) mass is 454 g/mol. The van der Waals surface area contributed by atoms with E-state index in [9.17, 15) is 8.78 Å². The molecule has 4 aromatic rings. The standard InChI is InChI=1S/C24H24F2N4O3/c1-31-8-9-32-17-5-7-30-20(14-28-23(30)12-17)19-3-2-15-10-16(25)11-22(24(15)29-19)33-21-4-6-27-13-18(21)26/h2-3,5,7,10-12,14,18,21,27H,4,6,8-9,13H2,1H3. The Labute approximate surface area is 189 Å². The molecule has 0 amide bonds. The Morgan fingerprint density at radius 1 is 1.18 bits per heavy atom. The minimum absolute atomic E-state index is 0.218. The molecule has 1 saturated heterocycles. The minimum atomic E-state index is -1.17. The maximum atomic E-state index is 14.3. The van der Waals surface area contributed by atoms with Crippen molar-refractivity contribution >= 4 is 16.6 Å². The molecule has 9 heteroatoms. The number of benzene rings is 1. The van der Waals surface area contributed by atoms with Crippen molar-refractivity contribution in [3.63, 3.8) is 0 Å². The molecule has 2 unspecified atom stereocenters. The van der Waals surface area contributed by atoms with Gasteiger partial charge in [0.2, 0.25) is 0 Å². The summed E-state index contributed by atoms with van der Waals surface area (Å²) in [7, 11) is 1.62. The molecule has 0 saturated carbocycles. The van der Waals surface area contributed by atoms with Gasteiger partial charge in [-0.15, -0.1) is 0 Å². The molecule has 1 N–H and O–H groups in total. The summed E-state index contributed by atoms with van der Waals surface area (Å²) >= 11 is 0. The molecule has 4 heterocycles. The van der Waals surface area contributed by atoms with Crippen LogP contribution in [0.25, 0.3) is 27.9 Å². The summed E-state index contributed by atoms with van der Waals surface area (Å²) < 4.78 is 47.0. The highest BCUT2D eigenvalue weighted by Gasteiger charge is 2.27. The minimum Gasteiger partial charge on any atom is -0.491 e. The van der Waals surface area contributed by atoms with Gasteiger partial charge in [-0.05, 0) is 31.2 Å². The third-order valence-electron chi connectivity index (χ3n) is 5.65. The molecule has 5 rings (SSSR count). The smallest absolute Gasteiger partial charge is 0.149 e. The first-order chi connectivity index (χ1) is 16.1. The average Bonchev–Trinajstić information content (AvgIpc) is 3.24. The molecule has 3 aromatic heterocycles. The predicted molar refractivity (Wildman–Crippen MR) is 120 cm³/mol. The van der Waals surface area contributed by atoms with Crippen LogP contribution in [0.1, 0.15) is 6.42 Å². The predicted octanol–water partition coefficient (Wildman–Crippen LogP) is 3.79. The first-order valence-electron chi connectivity index (χ1n) is 10.8. The molecule has 1 aliphatic heterocycles. The molecular formula is C24H24F2N4O3. The van der Waals surface area contributed by atoms with Crippen molar-refractivity contribution in [2.24, 2.45) is 0 Å². The number of fused-ring (bicyclic) bond motifs is 2. The van der Waals surface area contributed by atoms with Crippen molar-refractivity contribution in [2.45, 2.75) is 18.7 Å². The van der Waals surface area contributed by atoms with Gasteiger partial charge in [-0.1, -0.05) is 6.07 Å². The number of piperidine rings is 1. The first kappa shape index (κ1) is 21.5. The summed E-state index contributed by atoms with van der Waals surface area (Å²) in [6, 6.07) is 9.93. The fourth-order valence-electron chi connectivity index (χ4n) is 3.98. The molecule has 33 heavy (non-hydrogen) atoms. The number of nitrogens with one attached hydrogen (secondary N) is 1. The molecule has 1 aliphatic rings. The second-order valence-corrected chi connectivity index (χ2v) is 7.91. The van der Waals surface area contributed by atoms with Crippen LogP contribution in [0, 0.1) is 5.82 Å². The summed E-state index contributed by atoms with van der Waals surface area (Å²) in [5.41, 5.74) is 2.58. The Hall–Kier alpha value is -3.30. The molecule has 0 aliphatic carbocycles. The van der Waals surface area contributed by atoms with Gasteiger partial charge in [-0.2, -0.15) is 0 Å². The lowest BCUT2D eigenvalue weighted by Crippen LogP contribution is -2.44. The van der Waals surface area contributed by atoms with E-state index >= 15 is 0 Å². The molecule has 2 atom stereocenters. The fraction of sp³-hybridized carbons (Fsp3) is 0.333. The summed E-state index contributed by atoms with van der Waals surface area (Å²) in [5, 5.41) is 3.58. The van der Waals surface area contributed by atoms with E-state index in [4.69, 9.17) is 19.2 Å². The van der Waals surface area contributed by atoms with E-state index in [1.54, 1.807) is 25.4 Å². The topological polar surface area (TPSA) is 69.9 Å². The van der Waals surface area contributed by atoms with Crippen molar-refractivity contribution in [3.05, 3.63) is 54.6 Å². The van der Waals surface area contributed by atoms with E-state index < -0.39 is 18.1 Å². The molecule has 7 nitrogen and oxygen atoms in total. The first-order valence-corrected chi connectivity index (χ1v) is 10.8. The van der Waals surface area contributed by atoms with Crippen LogP contribution >= 0.6 is 0 Å². The van der Waals surface area contributed by atoms with Crippen LogP contribution < -0.4 is 14.8 Å². The number of hydrogen-bond donors (Lipinski definition) is 1. The van der Waals surface area contributed by atoms with Crippen LogP contribution in [0.5, 0.6) is 11.5 Å². The Kier molecular flexibility index (Phi) is 6.06. The Bertz CT molecular complexity index is 1280. The van der Waals surface area contributed by atoms with Gasteiger partial charge in [-0.25, -0.2) is 18.7 Å². The largest absolute Gasteiger partial charge is 0.491 e. The quantitative estimate of drug-likeness (QED) is 0.429. The van der Waals surface area contributed by atoms with E-state index in [2.05, 4.69) is 10.3 Å². The van der Waals surface area contributed by atoms with Crippen LogP contribution in [-0.2, 0) is 4.74 Å². The Balaban J connectivity index is 1.50. The van der Waals surface area contributed by atoms with Gasteiger partial charge < -0.3 is 19.5 Å². The zero-order chi connectivity index (χ0) is 22.8. The third kappa shape index (κ3) is 4.46. The zero-order valence-electron chi connectivity index (χ0n) is 18.1. The SMILES string of the molecule is COCCOc1ccn2c(-c3ccc4cc(F)cc(OC5CCNCC5F)c4n3)cnc2c1. The van der Waals surface area contributed by atoms with E-state index in [0.29, 0.717) is 54.2 Å². The molecule has 1 fully saturated rings. The number of hydrogen-bond acceptors (Lipinski definition) is 6. The number of imidazole rings is 1. The molecule has 0 spiro atoms. The molecule has 172 valence electrons. The fourth-order valence-corrected chi connectivity index (χ4v) is 3.98. The third-order valence-corrected chi connectivity index (χ3v) is 5.65. The second kappa shape index (κ2) is 9.29. The van der Waals surface area contributed by atoms with Gasteiger partial charge in [0.05, 0.1) is 24.2 Å². The maximum Gasteiger partial charge on any atom is 0.149 e. The highest BCUT2D eigenvalue weighted by molar-refractivity contribution is 5.86. The van der Waals surface area contributed by atoms with Crippen molar-refractivity contribution < 1.29 is 23.0 Å². The van der Waals surface area contributed by atoms with Crippen LogP contribution in [0.4, 0.5) is 8.78 Å². The molecule has 0 bridgehead atoms. The van der Waals surface area contributed by atoms with E-state index in [1.165, 1.54) is 12.1 Å². The normalized spacial score (nSPS) is 18.6. The van der Waals surface area contributed by atoms with Crippen molar-refractivity contribution in [1.29, 1.82) is 0 Å². The number of rotatable bonds is 7. The zero-order valence-corrected chi connectivity index (χ0v) is 18.1. The maximum absolute atomic E-state index is 14.3. The lowest BCUT2D eigenvalue weighted by Gasteiger charge is -2.27. The van der Waals surface area contributed by atoms with Gasteiger partial charge >= 0.3 is 0 Å². The number of methoxy groups -OCH3 is 1. The highest BCUT2D eigenvalue weighted by atomic mass is 19.1. The van der Waals surface area contributed by atoms with Crippen LogP contribution in [0.3, 0.4) is 0 Å². The Morgan fingerprint density at radius 2 is 2.09 bits per heavy atom. The summed E-state index contributed by atoms with van der Waals surface area (Å²) in [5.74, 6) is 0.480. The van der Waals surface area contributed by atoms with Crippen LogP contribution in [0.2, 0.25) is 0 Å². The van der Waals surface area contributed by atoms with Gasteiger partial charge in [0, 0.05) is 37.4 Å². The van der Waals surface area contributed by atoms with Gasteiger partial charge in [-0.3, -0.25) is 4.40 Å². The van der Waals surface area contributed by atoms with E-state index in [1.807, 2.05) is 22.7 Å². The number of ether oxygens (including phenoxy) is 3. The lowest BCUT2D eigenvalue weighted by molar-refractivity contribution is 0.0740. The van der Waals surface area contributed by atoms with Crippen molar-refractivity contribution in [2.75, 3.05) is 33.4 Å². The van der Waals surface area contributed by atoms with Gasteiger partial charge in [0.25, 0.3) is 0 Å². The lowest BCUT2D eigenvalue weighted by atomic mass is 10.1. The number of halogens is 2. The number of aromatic nitrogens is 3. The molecule has 1 aromatic carbocycles. The van der Waals surface area contributed by atoms with Gasteiger partial charge in [0.15, 0.2) is 0 Å². The average molecular weight is 454 g/mol. The summed E-state index contributed by atoms with van der Waals surface area (Å²) in [6.45, 7) is 1.81. The van der Waals surface area contributed by atoms with Crippen molar-refractivity contribution in [3.8, 4) is 22.9 Å². The molecule has 0 radical (unpaired) electrons. The molecular weight excluding hydrogens is 430 g/mol.